The molecule has 11 nitrogen and oxygen atoms in total. The van der Waals surface area contributed by atoms with Crippen LogP contribution in [0.5, 0.6) is 0 Å². The lowest BCUT2D eigenvalue weighted by Crippen LogP contribution is -2.21. The van der Waals surface area contributed by atoms with Crippen LogP contribution in [0.1, 0.15) is 17.4 Å². The fraction of sp³-hybridized carbons (Fsp3) is 0.300. The molecule has 2 rings (SSSR count). The molecular formula is C10H11ClN8O3. The van der Waals surface area contributed by atoms with Gasteiger partial charge in [-0.05, 0) is 11.8 Å². The van der Waals surface area contributed by atoms with Crippen LogP contribution < -0.4 is 5.43 Å². The smallest absolute Gasteiger partial charge is 0.390 e. The third kappa shape index (κ3) is 3.63. The highest BCUT2D eigenvalue weighted by atomic mass is 35.5. The number of aromatic nitrogens is 5. The molecule has 1 amide bonds. The van der Waals surface area contributed by atoms with Crippen molar-refractivity contribution < 1.29 is 9.72 Å². The Morgan fingerprint density at radius 3 is 2.82 bits per heavy atom. The summed E-state index contributed by atoms with van der Waals surface area (Å²) >= 11 is 5.78. The average Bonchev–Trinajstić information content (AvgIpc) is 3.04. The van der Waals surface area contributed by atoms with Crippen LogP contribution in [0.2, 0.25) is 5.15 Å². The van der Waals surface area contributed by atoms with Crippen LogP contribution in [0.4, 0.5) is 5.95 Å². The number of nitro groups is 1. The Kier molecular flexibility index (Phi) is 4.46. The zero-order valence-electron chi connectivity index (χ0n) is 11.6. The van der Waals surface area contributed by atoms with Gasteiger partial charge in [0.25, 0.3) is 5.91 Å². The molecule has 0 aliphatic carbocycles. The largest absolute Gasteiger partial charge is 0.490 e. The predicted octanol–water partition coefficient (Wildman–Crippen LogP) is 0.379. The third-order valence-corrected chi connectivity index (χ3v) is 2.84. The number of halogens is 1. The minimum atomic E-state index is -0.699. The molecule has 0 aromatic carbocycles. The molecule has 2 aromatic heterocycles. The van der Waals surface area contributed by atoms with Gasteiger partial charge in [-0.15, -0.1) is 0 Å². The summed E-state index contributed by atoms with van der Waals surface area (Å²) < 4.78 is 2.59. The van der Waals surface area contributed by atoms with Crippen LogP contribution in [0.3, 0.4) is 0 Å². The number of carbonyl (C=O) groups excluding carboxylic acids is 1. The summed E-state index contributed by atoms with van der Waals surface area (Å²) in [5, 5.41) is 22.2. The first kappa shape index (κ1) is 15.6. The fourth-order valence-corrected chi connectivity index (χ4v) is 1.61. The molecule has 0 unspecified atom stereocenters. The SMILES string of the molecule is C/C(Cn1cnc([N+](=O)[O-])n1)=N/NC(=O)c1cc(Cl)n(C)n1. The summed E-state index contributed by atoms with van der Waals surface area (Å²) in [6.45, 7) is 1.77. The van der Waals surface area contributed by atoms with Crippen LogP contribution in [-0.2, 0) is 13.6 Å². The van der Waals surface area contributed by atoms with E-state index in [2.05, 4.69) is 25.7 Å². The second-order valence-corrected chi connectivity index (χ2v) is 4.65. The maximum absolute atomic E-state index is 11.8. The first-order valence-corrected chi connectivity index (χ1v) is 6.31. The molecule has 0 saturated heterocycles. The molecule has 0 radical (unpaired) electrons. The predicted molar refractivity (Wildman–Crippen MR) is 75.5 cm³/mol. The number of carbonyl (C=O) groups is 1. The quantitative estimate of drug-likeness (QED) is 0.479. The van der Waals surface area contributed by atoms with Crippen molar-refractivity contribution in [1.82, 2.24) is 30.0 Å². The van der Waals surface area contributed by atoms with Crippen molar-refractivity contribution in [3.8, 4) is 0 Å². The molecule has 2 heterocycles. The number of hydrazone groups is 1. The van der Waals surface area contributed by atoms with E-state index in [1.807, 2.05) is 0 Å². The van der Waals surface area contributed by atoms with Gasteiger partial charge in [-0.2, -0.15) is 14.9 Å². The van der Waals surface area contributed by atoms with Crippen LogP contribution in [0, 0.1) is 10.1 Å². The molecule has 0 bridgehead atoms. The summed E-state index contributed by atoms with van der Waals surface area (Å²) in [7, 11) is 1.60. The van der Waals surface area contributed by atoms with Crippen LogP contribution in [0.15, 0.2) is 17.5 Å². The molecular weight excluding hydrogens is 316 g/mol. The van der Waals surface area contributed by atoms with E-state index in [4.69, 9.17) is 11.6 Å². The second-order valence-electron chi connectivity index (χ2n) is 4.26. The number of nitrogens with one attached hydrogen (secondary N) is 1. The Labute approximate surface area is 128 Å². The monoisotopic (exact) mass is 326 g/mol. The van der Waals surface area contributed by atoms with Gasteiger partial charge < -0.3 is 10.1 Å². The van der Waals surface area contributed by atoms with E-state index >= 15 is 0 Å². The van der Waals surface area contributed by atoms with E-state index in [0.717, 1.165) is 0 Å². The normalized spacial score (nSPS) is 11.5. The molecule has 22 heavy (non-hydrogen) atoms. The van der Waals surface area contributed by atoms with Gasteiger partial charge in [0.15, 0.2) is 5.69 Å². The highest BCUT2D eigenvalue weighted by Crippen LogP contribution is 2.08. The topological polar surface area (TPSA) is 133 Å². The Bertz CT molecular complexity index is 730. The number of hydrogen-bond donors (Lipinski definition) is 1. The first-order chi connectivity index (χ1) is 10.4. The molecule has 0 atom stereocenters. The highest BCUT2D eigenvalue weighted by Gasteiger charge is 2.14. The van der Waals surface area contributed by atoms with E-state index in [1.165, 1.54) is 21.8 Å². The lowest BCUT2D eigenvalue weighted by Gasteiger charge is -1.99. The third-order valence-electron chi connectivity index (χ3n) is 2.48. The molecule has 0 spiro atoms. The van der Waals surface area contributed by atoms with Crippen LogP contribution in [-0.4, -0.2) is 41.1 Å². The van der Waals surface area contributed by atoms with Gasteiger partial charge in [0.05, 0.1) is 12.3 Å². The van der Waals surface area contributed by atoms with Gasteiger partial charge >= 0.3 is 5.95 Å². The molecule has 0 fully saturated rings. The van der Waals surface area contributed by atoms with E-state index in [1.54, 1.807) is 14.0 Å². The molecule has 0 aliphatic heterocycles. The number of hydrogen-bond acceptors (Lipinski definition) is 7. The van der Waals surface area contributed by atoms with Gasteiger partial charge in [-0.3, -0.25) is 9.48 Å². The Morgan fingerprint density at radius 2 is 2.27 bits per heavy atom. The molecule has 0 aliphatic rings. The van der Waals surface area contributed by atoms with E-state index in [0.29, 0.717) is 10.9 Å². The number of amides is 1. The summed E-state index contributed by atoms with van der Waals surface area (Å²) in [6.07, 6.45) is 1.21. The Hall–Kier alpha value is -2.82. The van der Waals surface area contributed by atoms with Crippen molar-refractivity contribution in [3.63, 3.8) is 0 Å². The number of aryl methyl sites for hydroxylation is 1. The Balaban J connectivity index is 1.97. The summed E-state index contributed by atoms with van der Waals surface area (Å²) in [5.41, 5.74) is 2.90. The molecule has 0 saturated carbocycles. The second kappa shape index (κ2) is 6.30. The fourth-order valence-electron chi connectivity index (χ4n) is 1.47. The summed E-state index contributed by atoms with van der Waals surface area (Å²) in [6, 6.07) is 1.41. The standard InChI is InChI=1S/C10H11ClN8O3/c1-6(4-18-5-12-10(16-18)19(21)22)13-14-9(20)7-3-8(11)17(2)15-7/h3,5H,4H2,1-2H3,(H,14,20)/b13-6-. The van der Waals surface area contributed by atoms with E-state index in [9.17, 15) is 14.9 Å². The molecule has 2 aromatic rings. The minimum Gasteiger partial charge on any atom is -0.390 e. The summed E-state index contributed by atoms with van der Waals surface area (Å²) in [5.74, 6) is -1.02. The summed E-state index contributed by atoms with van der Waals surface area (Å²) in [4.78, 5) is 25.1. The maximum Gasteiger partial charge on any atom is 0.490 e. The minimum absolute atomic E-state index is 0.125. The van der Waals surface area contributed by atoms with Crippen molar-refractivity contribution in [1.29, 1.82) is 0 Å². The average molecular weight is 327 g/mol. The van der Waals surface area contributed by atoms with E-state index in [-0.39, 0.29) is 12.2 Å². The van der Waals surface area contributed by atoms with Gasteiger partial charge in [-0.1, -0.05) is 16.6 Å². The van der Waals surface area contributed by atoms with Crippen molar-refractivity contribution in [2.75, 3.05) is 0 Å². The lowest BCUT2D eigenvalue weighted by atomic mass is 10.4. The Morgan fingerprint density at radius 1 is 1.55 bits per heavy atom. The zero-order chi connectivity index (χ0) is 16.3. The number of rotatable bonds is 5. The van der Waals surface area contributed by atoms with Crippen LogP contribution in [0.25, 0.3) is 0 Å². The van der Waals surface area contributed by atoms with Crippen LogP contribution >= 0.6 is 11.6 Å². The van der Waals surface area contributed by atoms with E-state index < -0.39 is 16.8 Å². The molecule has 116 valence electrons. The van der Waals surface area contributed by atoms with Crippen molar-refractivity contribution >= 4 is 29.2 Å². The van der Waals surface area contributed by atoms with Crippen molar-refractivity contribution in [3.05, 3.63) is 33.4 Å². The van der Waals surface area contributed by atoms with Crippen molar-refractivity contribution in [2.24, 2.45) is 12.1 Å². The van der Waals surface area contributed by atoms with Gasteiger partial charge in [0, 0.05) is 18.2 Å². The molecule has 12 heteroatoms. The van der Waals surface area contributed by atoms with Gasteiger partial charge in [0.1, 0.15) is 5.15 Å². The zero-order valence-corrected chi connectivity index (χ0v) is 12.4. The maximum atomic E-state index is 11.8. The number of nitrogens with zero attached hydrogens (tertiary/aromatic N) is 7. The van der Waals surface area contributed by atoms with Gasteiger partial charge in [0.2, 0.25) is 6.33 Å². The molecule has 1 N–H and O–H groups in total. The first-order valence-electron chi connectivity index (χ1n) is 5.93. The highest BCUT2D eigenvalue weighted by molar-refractivity contribution is 6.29. The lowest BCUT2D eigenvalue weighted by molar-refractivity contribution is -0.394. The van der Waals surface area contributed by atoms with Gasteiger partial charge in [-0.25, -0.2) is 5.43 Å². The van der Waals surface area contributed by atoms with Crippen molar-refractivity contribution in [2.45, 2.75) is 13.5 Å².